The molecule has 4 rings (SSSR count). The number of likely N-dealkylation sites (N-methyl/N-ethyl adjacent to an activating group) is 1. The molecule has 0 saturated carbocycles. The predicted octanol–water partition coefficient (Wildman–Crippen LogP) is 2.92. The lowest BCUT2D eigenvalue weighted by Crippen LogP contribution is -2.44. The molecule has 0 aliphatic carbocycles. The lowest BCUT2D eigenvalue weighted by Gasteiger charge is -2.34. The maximum Gasteiger partial charge on any atom is 0.323 e. The van der Waals surface area contributed by atoms with Crippen LogP contribution < -0.4 is 20.4 Å². The lowest BCUT2D eigenvalue weighted by molar-refractivity contribution is 0.123. The number of nitrogens with zero attached hydrogens (tertiary/aromatic N) is 3. The van der Waals surface area contributed by atoms with Crippen LogP contribution in [0.25, 0.3) is 0 Å². The van der Waals surface area contributed by atoms with Gasteiger partial charge in [-0.1, -0.05) is 12.1 Å². The van der Waals surface area contributed by atoms with Crippen molar-refractivity contribution in [3.05, 3.63) is 48.5 Å². The molecule has 0 spiro atoms. The van der Waals surface area contributed by atoms with Gasteiger partial charge in [-0.3, -0.25) is 0 Å². The molecule has 0 bridgehead atoms. The zero-order valence-corrected chi connectivity index (χ0v) is 16.9. The minimum Gasteiger partial charge on any atom is -0.378 e. The molecule has 2 aromatic rings. The summed E-state index contributed by atoms with van der Waals surface area (Å²) in [4.78, 5) is 19.5. The van der Waals surface area contributed by atoms with Crippen LogP contribution in [0.3, 0.4) is 0 Å². The highest BCUT2D eigenvalue weighted by atomic mass is 16.5. The number of amides is 2. The van der Waals surface area contributed by atoms with Crippen molar-refractivity contribution in [3.63, 3.8) is 0 Å². The first-order chi connectivity index (χ1) is 14.2. The zero-order chi connectivity index (χ0) is 20.1. The summed E-state index contributed by atoms with van der Waals surface area (Å²) in [6.07, 6.45) is 0. The van der Waals surface area contributed by atoms with Crippen molar-refractivity contribution < 1.29 is 9.53 Å². The molecule has 154 valence electrons. The van der Waals surface area contributed by atoms with E-state index in [1.165, 1.54) is 5.69 Å². The molecule has 0 aromatic heterocycles. The summed E-state index contributed by atoms with van der Waals surface area (Å²) in [6, 6.07) is 15.7. The average molecular weight is 396 g/mol. The molecule has 2 aliphatic rings. The van der Waals surface area contributed by atoms with Gasteiger partial charge in [0.05, 0.1) is 24.6 Å². The first-order valence-electron chi connectivity index (χ1n) is 10.2. The van der Waals surface area contributed by atoms with Crippen LogP contribution in [0.15, 0.2) is 48.5 Å². The number of nitrogens with one attached hydrogen (secondary N) is 2. The van der Waals surface area contributed by atoms with Crippen molar-refractivity contribution in [2.24, 2.45) is 0 Å². The molecule has 7 heteroatoms. The number of hydrogen-bond donors (Lipinski definition) is 2. The van der Waals surface area contributed by atoms with Crippen LogP contribution in [0.4, 0.5) is 27.5 Å². The highest BCUT2D eigenvalue weighted by Gasteiger charge is 2.16. The molecule has 2 aliphatic heterocycles. The summed E-state index contributed by atoms with van der Waals surface area (Å²) in [6.45, 7) is 7.28. The molecule has 29 heavy (non-hydrogen) atoms. The van der Waals surface area contributed by atoms with Crippen LogP contribution >= 0.6 is 0 Å². The molecule has 2 amide bonds. The monoisotopic (exact) mass is 395 g/mol. The van der Waals surface area contributed by atoms with Gasteiger partial charge in [-0.05, 0) is 43.4 Å². The molecule has 2 N–H and O–H groups in total. The average Bonchev–Trinajstić information content (AvgIpc) is 2.76. The smallest absolute Gasteiger partial charge is 0.323 e. The minimum atomic E-state index is -0.238. The molecular formula is C22H29N5O2. The molecule has 2 aromatic carbocycles. The third kappa shape index (κ3) is 4.99. The van der Waals surface area contributed by atoms with Gasteiger partial charge in [-0.25, -0.2) is 4.79 Å². The molecular weight excluding hydrogens is 366 g/mol. The first kappa shape index (κ1) is 19.5. The van der Waals surface area contributed by atoms with Gasteiger partial charge in [0.1, 0.15) is 0 Å². The lowest BCUT2D eigenvalue weighted by atomic mass is 10.2. The highest BCUT2D eigenvalue weighted by molar-refractivity contribution is 6.01. The van der Waals surface area contributed by atoms with Crippen LogP contribution in [0.1, 0.15) is 0 Å². The maximum atomic E-state index is 12.6. The van der Waals surface area contributed by atoms with Crippen molar-refractivity contribution in [1.29, 1.82) is 0 Å². The molecule has 0 atom stereocenters. The van der Waals surface area contributed by atoms with Crippen LogP contribution in [-0.4, -0.2) is 70.5 Å². The van der Waals surface area contributed by atoms with Crippen molar-refractivity contribution in [3.8, 4) is 0 Å². The van der Waals surface area contributed by atoms with E-state index in [2.05, 4.69) is 44.5 Å². The Bertz CT molecular complexity index is 812. The van der Waals surface area contributed by atoms with Gasteiger partial charge in [-0.2, -0.15) is 0 Å². The van der Waals surface area contributed by atoms with E-state index in [0.29, 0.717) is 13.2 Å². The van der Waals surface area contributed by atoms with Crippen LogP contribution in [0.5, 0.6) is 0 Å². The normalized spacial score (nSPS) is 17.8. The third-order valence-electron chi connectivity index (χ3n) is 5.50. The van der Waals surface area contributed by atoms with E-state index >= 15 is 0 Å². The number of piperazine rings is 1. The Labute approximate surface area is 172 Å². The zero-order valence-electron chi connectivity index (χ0n) is 16.9. The Balaban J connectivity index is 1.36. The fourth-order valence-electron chi connectivity index (χ4n) is 3.76. The van der Waals surface area contributed by atoms with Crippen molar-refractivity contribution in [1.82, 2.24) is 4.90 Å². The second-order valence-electron chi connectivity index (χ2n) is 7.53. The SMILES string of the molecule is CN1CCN(c2ccc(NC(=O)Nc3ccccc3N3CCOCC3)cc2)CC1. The fraction of sp³-hybridized carbons (Fsp3) is 0.409. The Morgan fingerprint density at radius 2 is 1.52 bits per heavy atom. The minimum absolute atomic E-state index is 0.238. The summed E-state index contributed by atoms with van der Waals surface area (Å²) in [5.41, 5.74) is 3.81. The van der Waals surface area contributed by atoms with Crippen molar-refractivity contribution in [2.45, 2.75) is 0 Å². The van der Waals surface area contributed by atoms with E-state index in [-0.39, 0.29) is 6.03 Å². The van der Waals surface area contributed by atoms with Gasteiger partial charge >= 0.3 is 6.03 Å². The Morgan fingerprint density at radius 1 is 0.828 bits per heavy atom. The summed E-state index contributed by atoms with van der Waals surface area (Å²) in [5, 5.41) is 5.93. The van der Waals surface area contributed by atoms with Gasteiger partial charge in [-0.15, -0.1) is 0 Å². The largest absolute Gasteiger partial charge is 0.378 e. The predicted molar refractivity (Wildman–Crippen MR) is 118 cm³/mol. The number of anilines is 4. The third-order valence-corrected chi connectivity index (χ3v) is 5.50. The number of carbonyl (C=O) groups excluding carboxylic acids is 1. The van der Waals surface area contributed by atoms with Crippen molar-refractivity contribution in [2.75, 3.05) is 80.0 Å². The van der Waals surface area contributed by atoms with Gasteiger partial charge in [0, 0.05) is 50.6 Å². The van der Waals surface area contributed by atoms with Crippen LogP contribution in [0, 0.1) is 0 Å². The quantitative estimate of drug-likeness (QED) is 0.834. The number of para-hydroxylation sites is 2. The second-order valence-corrected chi connectivity index (χ2v) is 7.53. The number of ether oxygens (including phenoxy) is 1. The molecule has 0 radical (unpaired) electrons. The number of urea groups is 1. The summed E-state index contributed by atoms with van der Waals surface area (Å²) in [7, 11) is 2.15. The van der Waals surface area contributed by atoms with Gasteiger partial charge in [0.2, 0.25) is 0 Å². The van der Waals surface area contributed by atoms with E-state index < -0.39 is 0 Å². The maximum absolute atomic E-state index is 12.6. The van der Waals surface area contributed by atoms with Crippen LogP contribution in [0.2, 0.25) is 0 Å². The van der Waals surface area contributed by atoms with E-state index in [1.54, 1.807) is 0 Å². The molecule has 0 unspecified atom stereocenters. The topological polar surface area (TPSA) is 60.1 Å². The van der Waals surface area contributed by atoms with Gasteiger partial charge < -0.3 is 30.1 Å². The number of hydrogen-bond acceptors (Lipinski definition) is 5. The Kier molecular flexibility index (Phi) is 6.17. The standard InChI is InChI=1S/C22H29N5O2/c1-25-10-12-26(13-11-25)19-8-6-18(7-9-19)23-22(28)24-20-4-2-3-5-21(20)27-14-16-29-17-15-27/h2-9H,10-17H2,1H3,(H2,23,24,28). The van der Waals surface area contributed by atoms with E-state index in [1.807, 2.05) is 36.4 Å². The summed E-state index contributed by atoms with van der Waals surface area (Å²) >= 11 is 0. The van der Waals surface area contributed by atoms with Crippen molar-refractivity contribution >= 4 is 28.8 Å². The summed E-state index contributed by atoms with van der Waals surface area (Å²) in [5.74, 6) is 0. The highest BCUT2D eigenvalue weighted by Crippen LogP contribution is 2.26. The van der Waals surface area contributed by atoms with E-state index in [0.717, 1.165) is 56.3 Å². The Hall–Kier alpha value is -2.77. The summed E-state index contributed by atoms with van der Waals surface area (Å²) < 4.78 is 5.43. The van der Waals surface area contributed by atoms with E-state index in [9.17, 15) is 4.79 Å². The van der Waals surface area contributed by atoms with E-state index in [4.69, 9.17) is 4.74 Å². The number of rotatable bonds is 4. The second kappa shape index (κ2) is 9.15. The molecule has 7 nitrogen and oxygen atoms in total. The number of carbonyl (C=O) groups is 1. The molecule has 2 saturated heterocycles. The van der Waals surface area contributed by atoms with Gasteiger partial charge in [0.15, 0.2) is 0 Å². The first-order valence-corrected chi connectivity index (χ1v) is 10.2. The van der Waals surface area contributed by atoms with Gasteiger partial charge in [0.25, 0.3) is 0 Å². The Morgan fingerprint density at radius 3 is 2.24 bits per heavy atom. The molecule has 2 heterocycles. The number of benzene rings is 2. The number of morpholine rings is 1. The van der Waals surface area contributed by atoms with Crippen LogP contribution in [-0.2, 0) is 4.74 Å². The molecule has 2 fully saturated rings. The fourth-order valence-corrected chi connectivity index (χ4v) is 3.76.